The Hall–Kier alpha value is -1.39. The topological polar surface area (TPSA) is 34.1 Å². The van der Waals surface area contributed by atoms with Crippen molar-refractivity contribution >= 4 is 21.7 Å². The Labute approximate surface area is 122 Å². The Morgan fingerprint density at radius 3 is 2.79 bits per heavy atom. The molecule has 0 fully saturated rings. The minimum Gasteiger partial charge on any atom is -0.380 e. The van der Waals surface area contributed by atoms with Gasteiger partial charge in [0.1, 0.15) is 5.82 Å². The molecular formula is C15H17BrN2O. The number of pyridine rings is 1. The van der Waals surface area contributed by atoms with Crippen molar-refractivity contribution in [1.82, 2.24) is 4.98 Å². The second-order valence-corrected chi connectivity index (χ2v) is 5.28. The fourth-order valence-electron chi connectivity index (χ4n) is 1.82. The summed E-state index contributed by atoms with van der Waals surface area (Å²) >= 11 is 3.45. The van der Waals surface area contributed by atoms with E-state index in [0.717, 1.165) is 16.8 Å². The normalized spacial score (nSPS) is 10.5. The number of nitrogens with zero attached hydrogens (tertiary/aromatic N) is 1. The molecule has 2 aromatic rings. The maximum Gasteiger partial charge on any atom is 0.126 e. The van der Waals surface area contributed by atoms with E-state index >= 15 is 0 Å². The first-order valence-corrected chi connectivity index (χ1v) is 6.91. The number of methoxy groups -OCH3 is 1. The summed E-state index contributed by atoms with van der Waals surface area (Å²) in [7, 11) is 1.71. The quantitative estimate of drug-likeness (QED) is 0.906. The van der Waals surface area contributed by atoms with Crippen LogP contribution in [0.15, 0.2) is 41.0 Å². The van der Waals surface area contributed by atoms with E-state index in [9.17, 15) is 0 Å². The number of benzene rings is 1. The van der Waals surface area contributed by atoms with Crippen LogP contribution in [0.5, 0.6) is 0 Å². The summed E-state index contributed by atoms with van der Waals surface area (Å²) in [5.41, 5.74) is 3.57. The number of anilines is 1. The highest BCUT2D eigenvalue weighted by Gasteiger charge is 2.00. The van der Waals surface area contributed by atoms with Crippen LogP contribution in [0.4, 0.5) is 5.82 Å². The van der Waals surface area contributed by atoms with Crippen LogP contribution in [0, 0.1) is 6.92 Å². The van der Waals surface area contributed by atoms with Crippen molar-refractivity contribution in [2.45, 2.75) is 20.1 Å². The number of halogens is 1. The molecule has 19 heavy (non-hydrogen) atoms. The monoisotopic (exact) mass is 320 g/mol. The van der Waals surface area contributed by atoms with E-state index in [1.807, 2.05) is 18.3 Å². The van der Waals surface area contributed by atoms with Gasteiger partial charge in [-0.05, 0) is 45.6 Å². The molecule has 2 rings (SSSR count). The van der Waals surface area contributed by atoms with E-state index in [2.05, 4.69) is 51.4 Å². The van der Waals surface area contributed by atoms with Gasteiger partial charge in [0, 0.05) is 24.3 Å². The second kappa shape index (κ2) is 6.68. The third-order valence-electron chi connectivity index (χ3n) is 2.82. The number of hydrogen-bond acceptors (Lipinski definition) is 3. The van der Waals surface area contributed by atoms with Crippen molar-refractivity contribution < 1.29 is 4.74 Å². The zero-order valence-corrected chi connectivity index (χ0v) is 12.7. The Morgan fingerprint density at radius 2 is 2.05 bits per heavy atom. The molecule has 3 nitrogen and oxygen atoms in total. The van der Waals surface area contributed by atoms with Crippen LogP contribution in [0.1, 0.15) is 16.7 Å². The second-order valence-electron chi connectivity index (χ2n) is 4.43. The Bertz CT molecular complexity index is 558. The molecule has 0 amide bonds. The van der Waals surface area contributed by atoms with Gasteiger partial charge in [0.2, 0.25) is 0 Å². The van der Waals surface area contributed by atoms with Gasteiger partial charge in [0.05, 0.1) is 6.61 Å². The van der Waals surface area contributed by atoms with Crippen LogP contribution in [0.3, 0.4) is 0 Å². The number of ether oxygens (including phenoxy) is 1. The van der Waals surface area contributed by atoms with Crippen LogP contribution in [-0.4, -0.2) is 12.1 Å². The van der Waals surface area contributed by atoms with Crippen LogP contribution in [-0.2, 0) is 17.9 Å². The predicted molar refractivity (Wildman–Crippen MR) is 81.2 cm³/mol. The highest BCUT2D eigenvalue weighted by molar-refractivity contribution is 9.10. The van der Waals surface area contributed by atoms with Crippen LogP contribution in [0.25, 0.3) is 0 Å². The summed E-state index contributed by atoms with van der Waals surface area (Å²) in [6.45, 7) is 3.45. The molecule has 1 N–H and O–H groups in total. The Balaban J connectivity index is 2.01. The van der Waals surface area contributed by atoms with Crippen molar-refractivity contribution in [3.8, 4) is 0 Å². The highest BCUT2D eigenvalue weighted by atomic mass is 79.9. The molecular weight excluding hydrogens is 304 g/mol. The maximum absolute atomic E-state index is 5.14. The maximum atomic E-state index is 5.14. The van der Waals surface area contributed by atoms with E-state index in [0.29, 0.717) is 6.61 Å². The van der Waals surface area contributed by atoms with Crippen LogP contribution < -0.4 is 5.32 Å². The van der Waals surface area contributed by atoms with E-state index in [1.54, 1.807) is 7.11 Å². The first-order chi connectivity index (χ1) is 9.19. The lowest BCUT2D eigenvalue weighted by Gasteiger charge is -2.08. The van der Waals surface area contributed by atoms with Crippen molar-refractivity contribution in [3.63, 3.8) is 0 Å². The molecule has 0 aliphatic heterocycles. The minimum absolute atomic E-state index is 0.642. The fourth-order valence-corrected chi connectivity index (χ4v) is 2.04. The molecule has 0 saturated heterocycles. The third-order valence-corrected chi connectivity index (χ3v) is 3.65. The molecule has 100 valence electrons. The Morgan fingerprint density at radius 1 is 1.26 bits per heavy atom. The summed E-state index contributed by atoms with van der Waals surface area (Å²) in [6.07, 6.45) is 1.82. The van der Waals surface area contributed by atoms with Crippen molar-refractivity contribution in [2.75, 3.05) is 12.4 Å². The zero-order chi connectivity index (χ0) is 13.7. The molecule has 4 heteroatoms. The van der Waals surface area contributed by atoms with Crippen molar-refractivity contribution in [2.24, 2.45) is 0 Å². The predicted octanol–water partition coefficient (Wildman–Crippen LogP) is 3.91. The van der Waals surface area contributed by atoms with Gasteiger partial charge in [-0.3, -0.25) is 0 Å². The summed E-state index contributed by atoms with van der Waals surface area (Å²) < 4.78 is 6.16. The first-order valence-electron chi connectivity index (χ1n) is 6.12. The molecule has 0 unspecified atom stereocenters. The average molecular weight is 321 g/mol. The molecule has 0 atom stereocenters. The number of aromatic nitrogens is 1. The summed E-state index contributed by atoms with van der Waals surface area (Å²) in [5, 5.41) is 3.33. The first kappa shape index (κ1) is 14.0. The average Bonchev–Trinajstić information content (AvgIpc) is 2.41. The van der Waals surface area contributed by atoms with Gasteiger partial charge in [-0.15, -0.1) is 0 Å². The van der Waals surface area contributed by atoms with E-state index in [-0.39, 0.29) is 0 Å². The summed E-state index contributed by atoms with van der Waals surface area (Å²) in [4.78, 5) is 4.33. The van der Waals surface area contributed by atoms with Crippen molar-refractivity contribution in [3.05, 3.63) is 57.7 Å². The number of hydrogen-bond donors (Lipinski definition) is 1. The molecule has 0 saturated carbocycles. The third kappa shape index (κ3) is 4.04. The molecule has 0 aliphatic carbocycles. The van der Waals surface area contributed by atoms with E-state index in [4.69, 9.17) is 4.74 Å². The minimum atomic E-state index is 0.642. The van der Waals surface area contributed by atoms with E-state index in [1.165, 1.54) is 16.7 Å². The lowest BCUT2D eigenvalue weighted by Crippen LogP contribution is -2.02. The zero-order valence-electron chi connectivity index (χ0n) is 11.1. The number of rotatable bonds is 5. The smallest absolute Gasteiger partial charge is 0.126 e. The fraction of sp³-hybridized carbons (Fsp3) is 0.267. The largest absolute Gasteiger partial charge is 0.380 e. The van der Waals surface area contributed by atoms with Gasteiger partial charge < -0.3 is 10.1 Å². The molecule has 0 radical (unpaired) electrons. The van der Waals surface area contributed by atoms with Crippen LogP contribution in [0.2, 0.25) is 0 Å². The van der Waals surface area contributed by atoms with Crippen molar-refractivity contribution in [1.29, 1.82) is 0 Å². The molecule has 0 aliphatic rings. The standard InChI is InChI=1S/C15H17BrN2O/c1-11-6-15(18-9-14(11)16)17-8-12-4-3-5-13(7-12)10-19-2/h3-7,9H,8,10H2,1-2H3,(H,17,18). The van der Waals surface area contributed by atoms with E-state index < -0.39 is 0 Å². The molecule has 1 aromatic heterocycles. The number of nitrogens with one attached hydrogen (secondary N) is 1. The molecule has 0 spiro atoms. The molecule has 0 bridgehead atoms. The number of aryl methyl sites for hydroxylation is 1. The Kier molecular flexibility index (Phi) is 4.93. The van der Waals surface area contributed by atoms with Gasteiger partial charge in [-0.2, -0.15) is 0 Å². The lowest BCUT2D eigenvalue weighted by atomic mass is 10.1. The summed E-state index contributed by atoms with van der Waals surface area (Å²) in [5.74, 6) is 0.887. The van der Waals surface area contributed by atoms with Gasteiger partial charge in [-0.1, -0.05) is 24.3 Å². The van der Waals surface area contributed by atoms with Gasteiger partial charge in [0.15, 0.2) is 0 Å². The van der Waals surface area contributed by atoms with Gasteiger partial charge >= 0.3 is 0 Å². The summed E-state index contributed by atoms with van der Waals surface area (Å²) in [6, 6.07) is 10.4. The lowest BCUT2D eigenvalue weighted by molar-refractivity contribution is 0.185. The SMILES string of the molecule is COCc1cccc(CNc2cc(C)c(Br)cn2)c1. The van der Waals surface area contributed by atoms with Crippen LogP contribution >= 0.6 is 15.9 Å². The molecule has 1 heterocycles. The van der Waals surface area contributed by atoms with Gasteiger partial charge in [-0.25, -0.2) is 4.98 Å². The molecule has 1 aromatic carbocycles. The van der Waals surface area contributed by atoms with Gasteiger partial charge in [0.25, 0.3) is 0 Å². The highest BCUT2D eigenvalue weighted by Crippen LogP contribution is 2.17.